The number of hydrogen-bond acceptors (Lipinski definition) is 3. The number of hydrogen-bond donors (Lipinski definition) is 2. The molecule has 16 heavy (non-hydrogen) atoms. The van der Waals surface area contributed by atoms with Gasteiger partial charge in [0.2, 0.25) is 0 Å². The normalized spacial score (nSPS) is 13.1. The van der Waals surface area contributed by atoms with Crippen LogP contribution < -0.4 is 0 Å². The molecule has 0 aliphatic heterocycles. The highest BCUT2D eigenvalue weighted by molar-refractivity contribution is 7.07. The van der Waals surface area contributed by atoms with Gasteiger partial charge in [-0.2, -0.15) is 11.3 Å². The molecule has 80 valence electrons. The van der Waals surface area contributed by atoms with Crippen molar-refractivity contribution in [2.75, 3.05) is 0 Å². The highest BCUT2D eigenvalue weighted by Gasteiger charge is 2.13. The number of pyridine rings is 1. The van der Waals surface area contributed by atoms with Crippen LogP contribution >= 0.6 is 11.3 Å². The Bertz CT molecular complexity index is 567. The zero-order valence-electron chi connectivity index (χ0n) is 8.42. The molecule has 3 rings (SSSR count). The Balaban J connectivity index is 2.06. The molecule has 1 atom stereocenters. The third-order valence-electron chi connectivity index (χ3n) is 2.60. The van der Waals surface area contributed by atoms with E-state index in [9.17, 15) is 5.11 Å². The molecule has 3 nitrogen and oxygen atoms in total. The van der Waals surface area contributed by atoms with Gasteiger partial charge in [-0.1, -0.05) is 0 Å². The zero-order chi connectivity index (χ0) is 11.0. The van der Waals surface area contributed by atoms with Crippen LogP contribution in [0.25, 0.3) is 10.9 Å². The Morgan fingerprint density at radius 3 is 3.06 bits per heavy atom. The smallest absolute Gasteiger partial charge is 0.120 e. The molecule has 0 fully saturated rings. The molecular formula is C12H10N2OS. The third kappa shape index (κ3) is 1.52. The Kier molecular flexibility index (Phi) is 2.23. The topological polar surface area (TPSA) is 48.9 Å². The van der Waals surface area contributed by atoms with E-state index in [1.54, 1.807) is 23.7 Å². The van der Waals surface area contributed by atoms with Gasteiger partial charge >= 0.3 is 0 Å². The number of H-pyrrole nitrogens is 1. The lowest BCUT2D eigenvalue weighted by Crippen LogP contribution is -1.97. The second-order valence-electron chi connectivity index (χ2n) is 3.65. The number of thiophene rings is 1. The van der Waals surface area contributed by atoms with Crippen molar-refractivity contribution in [1.82, 2.24) is 9.97 Å². The van der Waals surface area contributed by atoms with Crippen LogP contribution in [0.2, 0.25) is 0 Å². The molecule has 0 unspecified atom stereocenters. The molecule has 0 aromatic carbocycles. The van der Waals surface area contributed by atoms with Gasteiger partial charge in [-0.3, -0.25) is 4.98 Å². The van der Waals surface area contributed by atoms with E-state index in [2.05, 4.69) is 9.97 Å². The van der Waals surface area contributed by atoms with Crippen molar-refractivity contribution >= 4 is 22.2 Å². The van der Waals surface area contributed by atoms with Crippen LogP contribution in [-0.2, 0) is 0 Å². The Morgan fingerprint density at radius 2 is 2.31 bits per heavy atom. The summed E-state index contributed by atoms with van der Waals surface area (Å²) in [6.07, 6.45) is 2.93. The molecule has 0 aliphatic rings. The first kappa shape index (κ1) is 9.57. The van der Waals surface area contributed by atoms with Crippen LogP contribution in [0.4, 0.5) is 0 Å². The predicted octanol–water partition coefficient (Wildman–Crippen LogP) is 2.71. The number of aromatic amines is 1. The molecule has 4 heteroatoms. The van der Waals surface area contributed by atoms with Crippen molar-refractivity contribution in [2.24, 2.45) is 0 Å². The summed E-state index contributed by atoms with van der Waals surface area (Å²) in [6, 6.07) is 5.81. The number of nitrogens with zero attached hydrogens (tertiary/aromatic N) is 1. The van der Waals surface area contributed by atoms with E-state index in [4.69, 9.17) is 0 Å². The van der Waals surface area contributed by atoms with Gasteiger partial charge in [0.25, 0.3) is 0 Å². The molecule has 0 aliphatic carbocycles. The molecule has 0 spiro atoms. The number of aromatic nitrogens is 2. The molecule has 3 aromatic heterocycles. The summed E-state index contributed by atoms with van der Waals surface area (Å²) in [7, 11) is 0. The number of fused-ring (bicyclic) bond motifs is 1. The fourth-order valence-corrected chi connectivity index (χ4v) is 2.43. The molecule has 3 heterocycles. The molecule has 0 amide bonds. The average molecular weight is 230 g/mol. The first-order valence-electron chi connectivity index (χ1n) is 4.97. The number of rotatable bonds is 2. The van der Waals surface area contributed by atoms with E-state index in [-0.39, 0.29) is 0 Å². The van der Waals surface area contributed by atoms with Gasteiger partial charge in [-0.25, -0.2) is 0 Å². The summed E-state index contributed by atoms with van der Waals surface area (Å²) in [6.45, 7) is 0. The maximum atomic E-state index is 10.1. The van der Waals surface area contributed by atoms with Crippen LogP contribution in [0.15, 0.2) is 41.4 Å². The second kappa shape index (κ2) is 3.73. The van der Waals surface area contributed by atoms with Crippen molar-refractivity contribution < 1.29 is 5.11 Å². The van der Waals surface area contributed by atoms with E-state index in [1.807, 2.05) is 29.0 Å². The van der Waals surface area contributed by atoms with Crippen LogP contribution in [0.5, 0.6) is 0 Å². The second-order valence-corrected chi connectivity index (χ2v) is 4.43. The lowest BCUT2D eigenvalue weighted by molar-refractivity contribution is 0.217. The summed E-state index contributed by atoms with van der Waals surface area (Å²) in [4.78, 5) is 7.21. The standard InChI is InChI=1S/C12H10N2OS/c15-12(9-2-4-16-7-9)10-5-8-1-3-13-6-11(8)14-10/h1-7,12,14-15H/t12-/m0/s1. The zero-order valence-corrected chi connectivity index (χ0v) is 9.24. The number of nitrogens with one attached hydrogen (secondary N) is 1. The Morgan fingerprint density at radius 1 is 1.38 bits per heavy atom. The molecule has 0 saturated carbocycles. The lowest BCUT2D eigenvalue weighted by Gasteiger charge is -2.05. The first-order valence-corrected chi connectivity index (χ1v) is 5.91. The maximum absolute atomic E-state index is 10.1. The Hall–Kier alpha value is -1.65. The van der Waals surface area contributed by atoms with Gasteiger partial charge in [0.15, 0.2) is 0 Å². The van der Waals surface area contributed by atoms with Crippen molar-refractivity contribution in [1.29, 1.82) is 0 Å². The molecule has 2 N–H and O–H groups in total. The van der Waals surface area contributed by atoms with Crippen LogP contribution in [0, 0.1) is 0 Å². The summed E-state index contributed by atoms with van der Waals surface area (Å²) in [5, 5.41) is 15.1. The molecule has 0 bridgehead atoms. The molecule has 3 aromatic rings. The van der Waals surface area contributed by atoms with Gasteiger partial charge in [0.05, 0.1) is 11.7 Å². The monoisotopic (exact) mass is 230 g/mol. The summed E-state index contributed by atoms with van der Waals surface area (Å²) < 4.78 is 0. The first-order chi connectivity index (χ1) is 7.84. The summed E-state index contributed by atoms with van der Waals surface area (Å²) in [5.41, 5.74) is 2.68. The van der Waals surface area contributed by atoms with E-state index < -0.39 is 6.10 Å². The van der Waals surface area contributed by atoms with E-state index in [0.717, 1.165) is 22.2 Å². The highest BCUT2D eigenvalue weighted by Crippen LogP contribution is 2.25. The Labute approximate surface area is 96.4 Å². The van der Waals surface area contributed by atoms with Gasteiger partial charge in [0, 0.05) is 17.3 Å². The van der Waals surface area contributed by atoms with E-state index in [0.29, 0.717) is 0 Å². The number of aliphatic hydroxyl groups is 1. The largest absolute Gasteiger partial charge is 0.382 e. The van der Waals surface area contributed by atoms with Gasteiger partial charge < -0.3 is 10.1 Å². The van der Waals surface area contributed by atoms with Crippen molar-refractivity contribution in [2.45, 2.75) is 6.10 Å². The quantitative estimate of drug-likeness (QED) is 0.711. The minimum absolute atomic E-state index is 0.585. The third-order valence-corrected chi connectivity index (χ3v) is 3.30. The van der Waals surface area contributed by atoms with Crippen molar-refractivity contribution in [3.8, 4) is 0 Å². The minimum atomic E-state index is -0.585. The van der Waals surface area contributed by atoms with Crippen LogP contribution in [-0.4, -0.2) is 15.1 Å². The minimum Gasteiger partial charge on any atom is -0.382 e. The molecular weight excluding hydrogens is 220 g/mol. The summed E-state index contributed by atoms with van der Waals surface area (Å²) >= 11 is 1.58. The summed E-state index contributed by atoms with van der Waals surface area (Å²) in [5.74, 6) is 0. The molecule has 0 radical (unpaired) electrons. The molecule has 0 saturated heterocycles. The highest BCUT2D eigenvalue weighted by atomic mass is 32.1. The van der Waals surface area contributed by atoms with Crippen molar-refractivity contribution in [3.05, 3.63) is 52.6 Å². The predicted molar refractivity (Wildman–Crippen MR) is 64.5 cm³/mol. The van der Waals surface area contributed by atoms with E-state index in [1.165, 1.54) is 0 Å². The van der Waals surface area contributed by atoms with E-state index >= 15 is 0 Å². The average Bonchev–Trinajstić information content (AvgIpc) is 2.97. The SMILES string of the molecule is O[C@@H](c1ccsc1)c1cc2ccncc2[nH]1. The van der Waals surface area contributed by atoms with Crippen molar-refractivity contribution in [3.63, 3.8) is 0 Å². The van der Waals surface area contributed by atoms with Gasteiger partial charge in [-0.05, 0) is 34.5 Å². The van der Waals surface area contributed by atoms with Gasteiger partial charge in [-0.15, -0.1) is 0 Å². The van der Waals surface area contributed by atoms with Crippen LogP contribution in [0.1, 0.15) is 17.4 Å². The van der Waals surface area contributed by atoms with Crippen LogP contribution in [0.3, 0.4) is 0 Å². The van der Waals surface area contributed by atoms with Gasteiger partial charge in [0.1, 0.15) is 6.10 Å². The fraction of sp³-hybridized carbons (Fsp3) is 0.0833. The lowest BCUT2D eigenvalue weighted by atomic mass is 10.1. The maximum Gasteiger partial charge on any atom is 0.120 e. The fourth-order valence-electron chi connectivity index (χ4n) is 1.75. The number of aliphatic hydroxyl groups excluding tert-OH is 1.